The fourth-order valence-corrected chi connectivity index (χ4v) is 3.86. The van der Waals surface area contributed by atoms with E-state index in [0.717, 1.165) is 37.2 Å². The van der Waals surface area contributed by atoms with E-state index in [1.54, 1.807) is 18.2 Å². The number of nitrogens with one attached hydrogen (secondary N) is 3. The number of benzene rings is 2. The van der Waals surface area contributed by atoms with Gasteiger partial charge in [0.05, 0.1) is 5.56 Å². The molecular weight excluding hydrogens is 424 g/mol. The lowest BCUT2D eigenvalue weighted by molar-refractivity contribution is 0.0949. The van der Waals surface area contributed by atoms with Crippen LogP contribution in [0.1, 0.15) is 49.5 Å². The van der Waals surface area contributed by atoms with Gasteiger partial charge in [-0.15, -0.1) is 0 Å². The van der Waals surface area contributed by atoms with Crippen molar-refractivity contribution >= 4 is 40.6 Å². The van der Waals surface area contributed by atoms with E-state index in [0.29, 0.717) is 40.3 Å². The normalized spacial score (nSPS) is 14.4. The maximum atomic E-state index is 13.0. The molecule has 0 aliphatic carbocycles. The Labute approximate surface area is 195 Å². The molecule has 0 aromatic heterocycles. The van der Waals surface area contributed by atoms with Crippen LogP contribution in [0, 0.1) is 18.8 Å². The van der Waals surface area contributed by atoms with Gasteiger partial charge in [-0.2, -0.15) is 0 Å². The van der Waals surface area contributed by atoms with Crippen molar-refractivity contribution in [1.82, 2.24) is 5.32 Å². The Morgan fingerprint density at radius 2 is 1.69 bits per heavy atom. The van der Waals surface area contributed by atoms with Crippen LogP contribution in [0.15, 0.2) is 36.4 Å². The number of aryl methyl sites for hydroxylation is 1. The molecule has 1 fully saturated rings. The Morgan fingerprint density at radius 1 is 1.06 bits per heavy atom. The molecule has 6 nitrogen and oxygen atoms in total. The maximum Gasteiger partial charge on any atom is 0.323 e. The number of carbonyl (C=O) groups excluding carboxylic acids is 2. The van der Waals surface area contributed by atoms with Gasteiger partial charge in [-0.05, 0) is 67.5 Å². The predicted octanol–water partition coefficient (Wildman–Crippen LogP) is 5.91. The fourth-order valence-electron chi connectivity index (χ4n) is 3.68. The number of hydrogen-bond donors (Lipinski definition) is 3. The summed E-state index contributed by atoms with van der Waals surface area (Å²) in [6, 6.07) is 10.5. The molecule has 1 aliphatic rings. The minimum Gasteiger partial charge on any atom is -0.371 e. The Kier molecular flexibility index (Phi) is 8.02. The lowest BCUT2D eigenvalue weighted by Crippen LogP contribution is -2.35. The molecule has 3 rings (SSSR count). The molecule has 1 aliphatic heterocycles. The van der Waals surface area contributed by atoms with Gasteiger partial charge in [-0.3, -0.25) is 4.79 Å². The molecule has 3 N–H and O–H groups in total. The SMILES string of the molecule is Cc1ccc(NC(=O)Nc2ccc(N3CCC(C)CC3)c(C(=O)NCC(C)C)c2)cc1Cl. The van der Waals surface area contributed by atoms with Gasteiger partial charge in [0.1, 0.15) is 0 Å². The lowest BCUT2D eigenvalue weighted by atomic mass is 9.97. The molecule has 2 aromatic rings. The van der Waals surface area contributed by atoms with E-state index in [2.05, 4.69) is 41.6 Å². The van der Waals surface area contributed by atoms with Crippen molar-refractivity contribution in [2.45, 2.75) is 40.5 Å². The second kappa shape index (κ2) is 10.7. The topological polar surface area (TPSA) is 73.5 Å². The van der Waals surface area contributed by atoms with Gasteiger partial charge in [0.15, 0.2) is 0 Å². The van der Waals surface area contributed by atoms with E-state index in [1.807, 2.05) is 25.1 Å². The van der Waals surface area contributed by atoms with Crippen LogP contribution in [-0.4, -0.2) is 31.6 Å². The van der Waals surface area contributed by atoms with Gasteiger partial charge in [0, 0.05) is 41.7 Å². The summed E-state index contributed by atoms with van der Waals surface area (Å²) in [6.07, 6.45) is 2.21. The number of rotatable bonds is 6. The second-order valence-electron chi connectivity index (χ2n) is 9.05. The summed E-state index contributed by atoms with van der Waals surface area (Å²) in [6.45, 7) is 10.7. The number of carbonyl (C=O) groups is 2. The van der Waals surface area contributed by atoms with Crippen LogP contribution in [-0.2, 0) is 0 Å². The Bertz CT molecular complexity index is 968. The molecule has 0 bridgehead atoms. The number of piperidine rings is 1. The molecule has 7 heteroatoms. The van der Waals surface area contributed by atoms with E-state index < -0.39 is 6.03 Å². The van der Waals surface area contributed by atoms with E-state index in [1.165, 1.54) is 0 Å². The van der Waals surface area contributed by atoms with Crippen LogP contribution in [0.2, 0.25) is 5.02 Å². The average Bonchev–Trinajstić information content (AvgIpc) is 2.75. The van der Waals surface area contributed by atoms with Crippen LogP contribution in [0.4, 0.5) is 21.9 Å². The van der Waals surface area contributed by atoms with Crippen LogP contribution in [0.5, 0.6) is 0 Å². The smallest absolute Gasteiger partial charge is 0.323 e. The third kappa shape index (κ3) is 6.39. The molecule has 2 aromatic carbocycles. The number of amides is 3. The first kappa shape index (κ1) is 23.9. The number of halogens is 1. The number of urea groups is 1. The molecular formula is C25H33ClN4O2. The van der Waals surface area contributed by atoms with Crippen LogP contribution in [0.3, 0.4) is 0 Å². The quantitative estimate of drug-likeness (QED) is 0.505. The predicted molar refractivity (Wildman–Crippen MR) is 133 cm³/mol. The summed E-state index contributed by atoms with van der Waals surface area (Å²) in [4.78, 5) is 27.8. The molecule has 3 amide bonds. The van der Waals surface area contributed by atoms with E-state index in [4.69, 9.17) is 11.6 Å². The van der Waals surface area contributed by atoms with Crippen molar-refractivity contribution in [3.63, 3.8) is 0 Å². The molecule has 0 atom stereocenters. The van der Waals surface area contributed by atoms with Crippen molar-refractivity contribution in [1.29, 1.82) is 0 Å². The van der Waals surface area contributed by atoms with Gasteiger partial charge >= 0.3 is 6.03 Å². The number of anilines is 3. The highest BCUT2D eigenvalue weighted by atomic mass is 35.5. The molecule has 172 valence electrons. The zero-order valence-corrected chi connectivity index (χ0v) is 20.1. The van der Waals surface area contributed by atoms with Crippen molar-refractivity contribution < 1.29 is 9.59 Å². The summed E-state index contributed by atoms with van der Waals surface area (Å²) in [5.74, 6) is 0.928. The molecule has 0 saturated carbocycles. The third-order valence-corrected chi connectivity index (χ3v) is 6.13. The Hall–Kier alpha value is -2.73. The molecule has 0 spiro atoms. The highest BCUT2D eigenvalue weighted by Gasteiger charge is 2.22. The Balaban J connectivity index is 1.78. The molecule has 1 saturated heterocycles. The third-order valence-electron chi connectivity index (χ3n) is 5.72. The molecule has 1 heterocycles. The van der Waals surface area contributed by atoms with Gasteiger partial charge in [0.2, 0.25) is 0 Å². The van der Waals surface area contributed by atoms with Crippen LogP contribution in [0.25, 0.3) is 0 Å². The van der Waals surface area contributed by atoms with E-state index in [9.17, 15) is 9.59 Å². The molecule has 0 radical (unpaired) electrons. The van der Waals surface area contributed by atoms with E-state index >= 15 is 0 Å². The first-order valence-corrected chi connectivity index (χ1v) is 11.6. The van der Waals surface area contributed by atoms with Crippen molar-refractivity contribution in [2.24, 2.45) is 11.8 Å². The van der Waals surface area contributed by atoms with Gasteiger partial charge in [0.25, 0.3) is 5.91 Å². The maximum absolute atomic E-state index is 13.0. The lowest BCUT2D eigenvalue weighted by Gasteiger charge is -2.33. The summed E-state index contributed by atoms with van der Waals surface area (Å²) in [5.41, 5.74) is 3.60. The van der Waals surface area contributed by atoms with Crippen molar-refractivity contribution in [3.05, 3.63) is 52.5 Å². The summed E-state index contributed by atoms with van der Waals surface area (Å²) in [5, 5.41) is 9.21. The summed E-state index contributed by atoms with van der Waals surface area (Å²) < 4.78 is 0. The monoisotopic (exact) mass is 456 g/mol. The largest absolute Gasteiger partial charge is 0.371 e. The molecule has 0 unspecified atom stereocenters. The minimum absolute atomic E-state index is 0.123. The zero-order valence-electron chi connectivity index (χ0n) is 19.3. The summed E-state index contributed by atoms with van der Waals surface area (Å²) in [7, 11) is 0. The average molecular weight is 457 g/mol. The fraction of sp³-hybridized carbons (Fsp3) is 0.440. The number of nitrogens with zero attached hydrogens (tertiary/aromatic N) is 1. The number of hydrogen-bond acceptors (Lipinski definition) is 3. The molecule has 32 heavy (non-hydrogen) atoms. The van der Waals surface area contributed by atoms with Gasteiger partial charge in [-0.1, -0.05) is 38.4 Å². The standard InChI is InChI=1S/C25H33ClN4O2/c1-16(2)15-27-24(31)21-13-19(7-8-23(21)30-11-9-17(3)10-12-30)28-25(32)29-20-6-5-18(4)22(26)14-20/h5-8,13-14,16-17H,9-12,15H2,1-4H3,(H,27,31)(H2,28,29,32). The first-order valence-electron chi connectivity index (χ1n) is 11.2. The van der Waals surface area contributed by atoms with Crippen molar-refractivity contribution in [3.8, 4) is 0 Å². The van der Waals surface area contributed by atoms with Crippen molar-refractivity contribution in [2.75, 3.05) is 35.2 Å². The van der Waals surface area contributed by atoms with E-state index in [-0.39, 0.29) is 5.91 Å². The summed E-state index contributed by atoms with van der Waals surface area (Å²) >= 11 is 6.14. The Morgan fingerprint density at radius 3 is 2.31 bits per heavy atom. The first-order chi connectivity index (χ1) is 15.2. The van der Waals surface area contributed by atoms with Crippen LogP contribution < -0.4 is 20.9 Å². The highest BCUT2D eigenvalue weighted by Crippen LogP contribution is 2.29. The van der Waals surface area contributed by atoms with Gasteiger partial charge in [-0.25, -0.2) is 4.79 Å². The van der Waals surface area contributed by atoms with Gasteiger partial charge < -0.3 is 20.9 Å². The minimum atomic E-state index is -0.391. The highest BCUT2D eigenvalue weighted by molar-refractivity contribution is 6.31. The second-order valence-corrected chi connectivity index (χ2v) is 9.46. The van der Waals surface area contributed by atoms with Crippen LogP contribution >= 0.6 is 11.6 Å². The zero-order chi connectivity index (χ0) is 23.3.